The molecule has 104 valence electrons. The summed E-state index contributed by atoms with van der Waals surface area (Å²) in [4.78, 5) is 0. The molecule has 0 aliphatic heterocycles. The zero-order chi connectivity index (χ0) is 14.2. The Balaban J connectivity index is 2.28. The van der Waals surface area contributed by atoms with Crippen molar-refractivity contribution >= 4 is 51.7 Å². The van der Waals surface area contributed by atoms with Crippen LogP contribution in [0, 0.1) is 0 Å². The van der Waals surface area contributed by atoms with Crippen molar-refractivity contribution in [3.05, 3.63) is 16.1 Å². The second-order valence-electron chi connectivity index (χ2n) is 3.61. The van der Waals surface area contributed by atoms with Crippen LogP contribution in [-0.2, 0) is 0 Å². The van der Waals surface area contributed by atoms with Crippen molar-refractivity contribution in [3.8, 4) is 0 Å². The van der Waals surface area contributed by atoms with Crippen LogP contribution in [-0.4, -0.2) is 32.7 Å². The van der Waals surface area contributed by atoms with Gasteiger partial charge in [-0.05, 0) is 6.07 Å². The summed E-state index contributed by atoms with van der Waals surface area (Å²) in [6.45, 7) is -0.739. The highest BCUT2D eigenvalue weighted by Crippen LogP contribution is 2.35. The Labute approximate surface area is 119 Å². The summed E-state index contributed by atoms with van der Waals surface area (Å²) in [6, 6.07) is 1.36. The molecule has 0 amide bonds. The Morgan fingerprint density at radius 1 is 1.26 bits per heavy atom. The lowest BCUT2D eigenvalue weighted by Gasteiger charge is -2.16. The molecule has 2 N–H and O–H groups in total. The van der Waals surface area contributed by atoms with E-state index in [2.05, 4.69) is 14.1 Å². The Bertz CT molecular complexity index is 604. The summed E-state index contributed by atoms with van der Waals surface area (Å²) in [5.74, 6) is 0. The SMILES string of the molecule is OC(CNc1c(Cl)cc(Cl)c2nsnc12)C(F)(F)F. The number of aliphatic hydroxyl groups excluding tert-OH is 1. The van der Waals surface area contributed by atoms with Gasteiger partial charge in [-0.25, -0.2) is 0 Å². The first-order valence-corrected chi connectivity index (χ1v) is 6.38. The van der Waals surface area contributed by atoms with E-state index in [0.29, 0.717) is 5.52 Å². The molecule has 0 fully saturated rings. The number of rotatable bonds is 3. The zero-order valence-electron chi connectivity index (χ0n) is 9.00. The van der Waals surface area contributed by atoms with Crippen molar-refractivity contribution in [2.75, 3.05) is 11.9 Å². The van der Waals surface area contributed by atoms with Crippen LogP contribution in [0.25, 0.3) is 11.0 Å². The maximum atomic E-state index is 12.2. The van der Waals surface area contributed by atoms with Gasteiger partial charge < -0.3 is 10.4 Å². The van der Waals surface area contributed by atoms with Gasteiger partial charge in [-0.1, -0.05) is 23.2 Å². The number of aromatic nitrogens is 2. The van der Waals surface area contributed by atoms with Crippen molar-refractivity contribution in [2.45, 2.75) is 12.3 Å². The number of anilines is 1. The Kier molecular flexibility index (Phi) is 4.05. The molecule has 1 aromatic heterocycles. The molecule has 0 aliphatic rings. The molecule has 0 radical (unpaired) electrons. The van der Waals surface area contributed by atoms with E-state index in [1.54, 1.807) is 0 Å². The van der Waals surface area contributed by atoms with Gasteiger partial charge in [0.25, 0.3) is 0 Å². The molecular weight excluding hydrogens is 326 g/mol. The Morgan fingerprint density at radius 2 is 1.89 bits per heavy atom. The van der Waals surface area contributed by atoms with Gasteiger partial charge in [-0.15, -0.1) is 0 Å². The summed E-state index contributed by atoms with van der Waals surface area (Å²) in [5, 5.41) is 11.7. The molecule has 1 aromatic carbocycles. The van der Waals surface area contributed by atoms with Gasteiger partial charge in [0.05, 0.1) is 27.5 Å². The van der Waals surface area contributed by atoms with Gasteiger partial charge in [-0.2, -0.15) is 21.9 Å². The molecule has 10 heteroatoms. The van der Waals surface area contributed by atoms with Crippen LogP contribution < -0.4 is 5.32 Å². The molecule has 0 saturated carbocycles. The molecule has 0 spiro atoms. The highest BCUT2D eigenvalue weighted by atomic mass is 35.5. The van der Waals surface area contributed by atoms with Crippen molar-refractivity contribution in [2.24, 2.45) is 0 Å². The fourth-order valence-electron chi connectivity index (χ4n) is 1.36. The molecule has 2 aromatic rings. The lowest BCUT2D eigenvalue weighted by molar-refractivity contribution is -0.198. The molecule has 1 unspecified atom stereocenters. The number of benzene rings is 1. The molecular formula is C9H6Cl2F3N3OS. The van der Waals surface area contributed by atoms with Gasteiger partial charge in [0.1, 0.15) is 11.0 Å². The maximum Gasteiger partial charge on any atom is 0.416 e. The van der Waals surface area contributed by atoms with E-state index in [4.69, 9.17) is 28.3 Å². The Hall–Kier alpha value is -0.830. The van der Waals surface area contributed by atoms with Gasteiger partial charge in [0.15, 0.2) is 6.10 Å². The van der Waals surface area contributed by atoms with Crippen LogP contribution in [0.15, 0.2) is 6.07 Å². The topological polar surface area (TPSA) is 58.0 Å². The lowest BCUT2D eigenvalue weighted by Crippen LogP contribution is -2.35. The van der Waals surface area contributed by atoms with Crippen LogP contribution in [0.3, 0.4) is 0 Å². The summed E-state index contributed by atoms with van der Waals surface area (Å²) in [5.41, 5.74) is 0.787. The molecule has 1 heterocycles. The van der Waals surface area contributed by atoms with Crippen LogP contribution in [0.4, 0.5) is 18.9 Å². The largest absolute Gasteiger partial charge is 0.416 e. The van der Waals surface area contributed by atoms with Gasteiger partial charge in [0, 0.05) is 6.54 Å². The molecule has 4 nitrogen and oxygen atoms in total. The second kappa shape index (κ2) is 5.28. The van der Waals surface area contributed by atoms with Gasteiger partial charge >= 0.3 is 6.18 Å². The molecule has 1 atom stereocenters. The summed E-state index contributed by atoms with van der Waals surface area (Å²) in [6.07, 6.45) is -7.20. The fraction of sp³-hybridized carbons (Fsp3) is 0.333. The minimum atomic E-state index is -4.70. The third-order valence-corrected chi connectivity index (χ3v) is 3.41. The number of alkyl halides is 3. The first-order chi connectivity index (χ1) is 8.80. The predicted molar refractivity (Wildman–Crippen MR) is 68.0 cm³/mol. The minimum Gasteiger partial charge on any atom is -0.382 e. The van der Waals surface area contributed by atoms with Crippen molar-refractivity contribution in [1.82, 2.24) is 8.75 Å². The Morgan fingerprint density at radius 3 is 2.53 bits per heavy atom. The highest BCUT2D eigenvalue weighted by molar-refractivity contribution is 7.00. The number of aliphatic hydroxyl groups is 1. The lowest BCUT2D eigenvalue weighted by atomic mass is 10.2. The minimum absolute atomic E-state index is 0.111. The van der Waals surface area contributed by atoms with E-state index in [1.165, 1.54) is 6.07 Å². The zero-order valence-corrected chi connectivity index (χ0v) is 11.3. The standard InChI is InChI=1S/C9H6Cl2F3N3OS/c10-3-1-4(11)7-8(17-19-16-7)6(3)15-2-5(18)9(12,13)14/h1,5,15,18H,2H2. The summed E-state index contributed by atoms with van der Waals surface area (Å²) >= 11 is 12.6. The maximum absolute atomic E-state index is 12.2. The number of fused-ring (bicyclic) bond motifs is 1. The van der Waals surface area contributed by atoms with Crippen LogP contribution in [0.1, 0.15) is 0 Å². The number of hydrogen-bond acceptors (Lipinski definition) is 5. The first kappa shape index (κ1) is 14.6. The van der Waals surface area contributed by atoms with E-state index >= 15 is 0 Å². The smallest absolute Gasteiger partial charge is 0.382 e. The van der Waals surface area contributed by atoms with Gasteiger partial charge in [-0.3, -0.25) is 0 Å². The van der Waals surface area contributed by atoms with Crippen LogP contribution in [0.5, 0.6) is 0 Å². The van der Waals surface area contributed by atoms with Crippen molar-refractivity contribution in [1.29, 1.82) is 0 Å². The van der Waals surface area contributed by atoms with E-state index in [-0.39, 0.29) is 21.2 Å². The number of nitrogens with zero attached hydrogens (tertiary/aromatic N) is 2. The quantitative estimate of drug-likeness (QED) is 0.905. The number of halogens is 5. The van der Waals surface area contributed by atoms with Crippen LogP contribution in [0.2, 0.25) is 10.0 Å². The monoisotopic (exact) mass is 331 g/mol. The third-order valence-electron chi connectivity index (χ3n) is 2.29. The van der Waals surface area contributed by atoms with E-state index in [9.17, 15) is 13.2 Å². The predicted octanol–water partition coefficient (Wildman–Crippen LogP) is 3.33. The number of nitrogens with one attached hydrogen (secondary N) is 1. The average Bonchev–Trinajstić information content (AvgIpc) is 2.76. The van der Waals surface area contributed by atoms with E-state index in [1.807, 2.05) is 0 Å². The average molecular weight is 332 g/mol. The second-order valence-corrected chi connectivity index (χ2v) is 4.96. The molecule has 0 bridgehead atoms. The summed E-state index contributed by atoms with van der Waals surface area (Å²) in [7, 11) is 0. The molecule has 2 rings (SSSR count). The highest BCUT2D eigenvalue weighted by Gasteiger charge is 2.38. The summed E-state index contributed by atoms with van der Waals surface area (Å²) < 4.78 is 44.4. The molecule has 0 aliphatic carbocycles. The first-order valence-electron chi connectivity index (χ1n) is 4.89. The molecule has 19 heavy (non-hydrogen) atoms. The van der Waals surface area contributed by atoms with E-state index in [0.717, 1.165) is 11.7 Å². The van der Waals surface area contributed by atoms with Gasteiger partial charge in [0.2, 0.25) is 0 Å². The van der Waals surface area contributed by atoms with Crippen LogP contribution >= 0.6 is 34.9 Å². The van der Waals surface area contributed by atoms with E-state index < -0.39 is 18.8 Å². The number of hydrogen-bond donors (Lipinski definition) is 2. The van der Waals surface area contributed by atoms with Crippen molar-refractivity contribution < 1.29 is 18.3 Å². The third kappa shape index (κ3) is 3.02. The van der Waals surface area contributed by atoms with Crippen molar-refractivity contribution in [3.63, 3.8) is 0 Å². The molecule has 0 saturated heterocycles. The fourth-order valence-corrected chi connectivity index (χ4v) is 2.54. The normalized spacial score (nSPS) is 13.8.